The van der Waals surface area contributed by atoms with Crippen LogP contribution in [0.2, 0.25) is 10.0 Å². The van der Waals surface area contributed by atoms with Gasteiger partial charge in [-0.05, 0) is 68.0 Å². The zero-order chi connectivity index (χ0) is 27.4. The molecule has 1 aliphatic heterocycles. The summed E-state index contributed by atoms with van der Waals surface area (Å²) >= 11 is 12.1. The highest BCUT2D eigenvalue weighted by Crippen LogP contribution is 2.30. The van der Waals surface area contributed by atoms with E-state index in [4.69, 9.17) is 33.7 Å². The molecule has 1 heterocycles. The van der Waals surface area contributed by atoms with Crippen molar-refractivity contribution in [3.63, 3.8) is 0 Å². The summed E-state index contributed by atoms with van der Waals surface area (Å²) in [5.74, 6) is -0.227. The number of nitrogens with one attached hydrogen (secondary N) is 1. The van der Waals surface area contributed by atoms with Gasteiger partial charge in [0, 0.05) is 25.2 Å². The highest BCUT2D eigenvalue weighted by molar-refractivity contribution is 7.89. The van der Waals surface area contributed by atoms with Crippen molar-refractivity contribution in [2.24, 2.45) is 5.73 Å². The molecular weight excluding hydrogens is 551 g/mol. The van der Waals surface area contributed by atoms with E-state index in [2.05, 4.69) is 5.32 Å². The molecule has 4 rings (SSSR count). The van der Waals surface area contributed by atoms with Crippen LogP contribution in [0.4, 0.5) is 0 Å². The van der Waals surface area contributed by atoms with Crippen molar-refractivity contribution >= 4 is 45.0 Å². The molecular formula is C26H32Cl2N4O5S. The van der Waals surface area contributed by atoms with E-state index in [1.807, 2.05) is 0 Å². The molecule has 1 aliphatic carbocycles. The largest absolute Gasteiger partial charge is 0.497 e. The molecule has 9 nitrogen and oxygen atoms in total. The number of hydrogen-bond donors (Lipinski definition) is 2. The summed E-state index contributed by atoms with van der Waals surface area (Å²) in [4.78, 5) is 28.5. The molecule has 0 bridgehead atoms. The maximum absolute atomic E-state index is 13.8. The van der Waals surface area contributed by atoms with Crippen LogP contribution in [0.15, 0.2) is 47.4 Å². The zero-order valence-corrected chi connectivity index (χ0v) is 23.4. The number of nitrogens with two attached hydrogens (primary N) is 1. The Kier molecular flexibility index (Phi) is 9.20. The molecule has 1 unspecified atom stereocenters. The second-order valence-corrected chi connectivity index (χ2v) is 12.4. The first-order valence-corrected chi connectivity index (χ1v) is 14.7. The Morgan fingerprint density at radius 2 is 1.71 bits per heavy atom. The molecule has 1 saturated heterocycles. The van der Waals surface area contributed by atoms with Crippen LogP contribution in [0.3, 0.4) is 0 Å². The molecule has 1 saturated carbocycles. The van der Waals surface area contributed by atoms with Gasteiger partial charge in [0.2, 0.25) is 15.9 Å². The molecule has 0 spiro atoms. The van der Waals surface area contributed by atoms with E-state index in [0.29, 0.717) is 25.0 Å². The van der Waals surface area contributed by atoms with E-state index in [1.54, 1.807) is 31.4 Å². The summed E-state index contributed by atoms with van der Waals surface area (Å²) in [5.41, 5.74) is 6.73. The fourth-order valence-electron chi connectivity index (χ4n) is 4.91. The molecule has 0 radical (unpaired) electrons. The molecule has 206 valence electrons. The minimum atomic E-state index is -4.19. The Morgan fingerprint density at radius 1 is 1.03 bits per heavy atom. The Bertz CT molecular complexity index is 1270. The van der Waals surface area contributed by atoms with Crippen LogP contribution in [0.5, 0.6) is 5.75 Å². The monoisotopic (exact) mass is 582 g/mol. The second-order valence-electron chi connectivity index (χ2n) is 9.65. The van der Waals surface area contributed by atoms with E-state index in [9.17, 15) is 18.0 Å². The van der Waals surface area contributed by atoms with Crippen LogP contribution >= 0.6 is 23.2 Å². The molecule has 2 fully saturated rings. The summed E-state index contributed by atoms with van der Waals surface area (Å²) in [6, 6.07) is 11.0. The first kappa shape index (κ1) is 28.6. The molecule has 2 amide bonds. The fraction of sp³-hybridized carbons (Fsp3) is 0.462. The van der Waals surface area contributed by atoms with Crippen molar-refractivity contribution in [3.8, 4) is 5.75 Å². The maximum atomic E-state index is 13.8. The number of benzene rings is 2. The van der Waals surface area contributed by atoms with Crippen molar-refractivity contribution in [1.82, 2.24) is 14.5 Å². The summed E-state index contributed by atoms with van der Waals surface area (Å²) < 4.78 is 33.8. The number of rotatable bonds is 7. The fourth-order valence-corrected chi connectivity index (χ4v) is 6.90. The molecule has 2 aromatic carbocycles. The summed E-state index contributed by atoms with van der Waals surface area (Å²) in [7, 11) is -2.64. The van der Waals surface area contributed by atoms with Gasteiger partial charge in [0.25, 0.3) is 5.91 Å². The van der Waals surface area contributed by atoms with Gasteiger partial charge in [-0.3, -0.25) is 9.59 Å². The predicted molar refractivity (Wildman–Crippen MR) is 146 cm³/mol. The quantitative estimate of drug-likeness (QED) is 0.517. The number of nitrogens with zero attached hydrogens (tertiary/aromatic N) is 2. The van der Waals surface area contributed by atoms with Crippen LogP contribution < -0.4 is 15.8 Å². The van der Waals surface area contributed by atoms with E-state index in [0.717, 1.165) is 22.7 Å². The van der Waals surface area contributed by atoms with Crippen molar-refractivity contribution in [2.75, 3.05) is 20.2 Å². The van der Waals surface area contributed by atoms with E-state index >= 15 is 0 Å². The summed E-state index contributed by atoms with van der Waals surface area (Å²) in [6.45, 7) is 0.318. The first-order chi connectivity index (χ1) is 18.1. The number of carbonyl (C=O) groups is 2. The molecule has 2 aliphatic rings. The van der Waals surface area contributed by atoms with Gasteiger partial charge < -0.3 is 20.7 Å². The average Bonchev–Trinajstić information content (AvgIpc) is 2.91. The second kappa shape index (κ2) is 12.2. The molecule has 12 heteroatoms. The normalized spacial score (nSPS) is 22.6. The van der Waals surface area contributed by atoms with E-state index in [-0.39, 0.29) is 52.4 Å². The van der Waals surface area contributed by atoms with Crippen molar-refractivity contribution < 1.29 is 22.7 Å². The van der Waals surface area contributed by atoms with Gasteiger partial charge in [-0.15, -0.1) is 0 Å². The lowest BCUT2D eigenvalue weighted by Gasteiger charge is -2.42. The first-order valence-electron chi connectivity index (χ1n) is 12.6. The van der Waals surface area contributed by atoms with Gasteiger partial charge in [0.15, 0.2) is 6.17 Å². The molecule has 2 aromatic rings. The van der Waals surface area contributed by atoms with Crippen LogP contribution in [0.1, 0.15) is 37.7 Å². The Balaban J connectivity index is 1.64. The Hall–Kier alpha value is -2.37. The van der Waals surface area contributed by atoms with Gasteiger partial charge in [-0.2, -0.15) is 4.31 Å². The topological polar surface area (TPSA) is 122 Å². The molecule has 38 heavy (non-hydrogen) atoms. The Morgan fingerprint density at radius 3 is 2.34 bits per heavy atom. The molecule has 1 atom stereocenters. The Labute approximate surface area is 233 Å². The van der Waals surface area contributed by atoms with Gasteiger partial charge >= 0.3 is 0 Å². The highest BCUT2D eigenvalue weighted by atomic mass is 35.5. The van der Waals surface area contributed by atoms with Crippen LogP contribution in [0, 0.1) is 0 Å². The number of sulfonamides is 1. The SMILES string of the molecule is COc1ccc(CC(=O)N2CCCN(S(=O)(=O)c3ccc(Cl)c(Cl)c3)C2C(=O)NC2CCC(N)CC2)cc1. The zero-order valence-electron chi connectivity index (χ0n) is 21.1. The third-order valence-corrected chi connectivity index (χ3v) is 9.62. The van der Waals surface area contributed by atoms with Crippen molar-refractivity contribution in [1.29, 1.82) is 0 Å². The number of hydrogen-bond acceptors (Lipinski definition) is 6. The number of ether oxygens (including phenoxy) is 1. The van der Waals surface area contributed by atoms with Crippen LogP contribution in [-0.4, -0.2) is 67.9 Å². The van der Waals surface area contributed by atoms with Crippen LogP contribution in [-0.2, 0) is 26.0 Å². The standard InChI is InChI=1S/C26H32Cl2N4O5S/c1-37-20-9-3-17(4-10-20)15-24(33)31-13-2-14-32(38(35,36)21-11-12-22(27)23(28)16-21)26(31)25(34)30-19-7-5-18(29)6-8-19/h3-4,9-12,16,18-19,26H,2,5-8,13-15,29H2,1H3,(H,30,34). The van der Waals surface area contributed by atoms with Crippen molar-refractivity contribution in [3.05, 3.63) is 58.1 Å². The average molecular weight is 584 g/mol. The van der Waals surface area contributed by atoms with Gasteiger partial charge in [-0.1, -0.05) is 35.3 Å². The number of methoxy groups -OCH3 is 1. The third-order valence-electron chi connectivity index (χ3n) is 7.03. The maximum Gasteiger partial charge on any atom is 0.259 e. The summed E-state index contributed by atoms with van der Waals surface area (Å²) in [6.07, 6.45) is 1.95. The summed E-state index contributed by atoms with van der Waals surface area (Å²) in [5, 5.41) is 3.28. The van der Waals surface area contributed by atoms with Crippen molar-refractivity contribution in [2.45, 2.75) is 61.7 Å². The van der Waals surface area contributed by atoms with E-state index < -0.39 is 22.1 Å². The lowest BCUT2D eigenvalue weighted by atomic mass is 9.92. The number of halogens is 2. The van der Waals surface area contributed by atoms with Crippen LogP contribution in [0.25, 0.3) is 0 Å². The van der Waals surface area contributed by atoms with Gasteiger partial charge in [-0.25, -0.2) is 8.42 Å². The highest BCUT2D eigenvalue weighted by Gasteiger charge is 2.44. The smallest absolute Gasteiger partial charge is 0.259 e. The number of carbonyl (C=O) groups excluding carboxylic acids is 2. The number of amides is 2. The minimum Gasteiger partial charge on any atom is -0.497 e. The predicted octanol–water partition coefficient (Wildman–Crippen LogP) is 3.18. The third kappa shape index (κ3) is 6.43. The van der Waals surface area contributed by atoms with Gasteiger partial charge in [0.1, 0.15) is 5.75 Å². The lowest BCUT2D eigenvalue weighted by molar-refractivity contribution is -0.147. The van der Waals surface area contributed by atoms with E-state index in [1.165, 1.54) is 23.1 Å². The lowest BCUT2D eigenvalue weighted by Crippen LogP contribution is -2.64. The molecule has 3 N–H and O–H groups in total. The molecule has 0 aromatic heterocycles. The van der Waals surface area contributed by atoms with Gasteiger partial charge in [0.05, 0.1) is 28.5 Å². The minimum absolute atomic E-state index is 0.00666.